The smallest absolute Gasteiger partial charge is 0.358 e. The molecule has 0 amide bonds. The van der Waals surface area contributed by atoms with Gasteiger partial charge in [-0.05, 0) is 34.4 Å². The minimum Gasteiger partial charge on any atom is -0.358 e. The van der Waals surface area contributed by atoms with Crippen LogP contribution in [-0.2, 0) is 39.0 Å². The van der Waals surface area contributed by atoms with E-state index >= 15 is 0 Å². The molecule has 0 N–H and O–H groups in total. The molecule has 0 radical (unpaired) electrons. The van der Waals surface area contributed by atoms with E-state index in [9.17, 15) is 0 Å². The molecule has 0 aliphatic heterocycles. The standard InChI is InChI=1S/C49H40Si.2CH3.Zr/c1-4-33-31-37-21-15-29-44(48(37)46(33)42-27-13-19-35-17-9-11-25-40(35)42)50(3,39-23-7-6-8-24-39)45-30-16-22-38-32-34(5-2)47(49(38)45)43-28-14-20-36-18-10-12-26-41(36)43;;;/h6-32H,4-5H2,1-3H3;2*1H3;/q-2;2*-1;+4. The maximum atomic E-state index is 2.61. The van der Waals surface area contributed by atoms with Gasteiger partial charge in [-0.2, -0.15) is 0 Å². The number of aryl methyl sites for hydroxylation is 2. The molecule has 9 aromatic carbocycles. The molecule has 0 unspecified atom stereocenters. The summed E-state index contributed by atoms with van der Waals surface area (Å²) in [6.45, 7) is 7.23. The van der Waals surface area contributed by atoms with Crippen LogP contribution >= 0.6 is 0 Å². The average Bonchev–Trinajstić information content (AvgIpc) is 3.76. The predicted molar refractivity (Wildman–Crippen MR) is 234 cm³/mol. The van der Waals surface area contributed by atoms with Crippen LogP contribution in [0.3, 0.4) is 0 Å². The molecule has 0 aliphatic carbocycles. The van der Waals surface area contributed by atoms with E-state index in [0.717, 1.165) is 12.8 Å². The zero-order valence-electron chi connectivity index (χ0n) is 31.5. The van der Waals surface area contributed by atoms with Crippen LogP contribution in [0.1, 0.15) is 25.0 Å². The first kappa shape index (κ1) is 38.1. The summed E-state index contributed by atoms with van der Waals surface area (Å²) in [6.07, 6.45) is 1.97. The summed E-state index contributed by atoms with van der Waals surface area (Å²) in [4.78, 5) is 0. The molecule has 53 heavy (non-hydrogen) atoms. The van der Waals surface area contributed by atoms with Crippen molar-refractivity contribution in [1.29, 1.82) is 0 Å². The van der Waals surface area contributed by atoms with Crippen molar-refractivity contribution < 1.29 is 26.2 Å². The summed E-state index contributed by atoms with van der Waals surface area (Å²) >= 11 is 0. The van der Waals surface area contributed by atoms with Crippen molar-refractivity contribution >= 4 is 66.7 Å². The molecular weight excluding hydrogens is 732 g/mol. The Morgan fingerprint density at radius 1 is 0.453 bits per heavy atom. The van der Waals surface area contributed by atoms with Crippen molar-refractivity contribution in [3.05, 3.63) is 190 Å². The van der Waals surface area contributed by atoms with Crippen LogP contribution in [-0.4, -0.2) is 8.07 Å². The van der Waals surface area contributed by atoms with Crippen molar-refractivity contribution in [2.45, 2.75) is 33.2 Å². The molecule has 0 spiro atoms. The van der Waals surface area contributed by atoms with Gasteiger partial charge in [-0.25, -0.2) is 0 Å². The summed E-state index contributed by atoms with van der Waals surface area (Å²) in [5.41, 5.74) is 8.32. The quantitative estimate of drug-likeness (QED) is 0.0859. The van der Waals surface area contributed by atoms with Gasteiger partial charge in [0.05, 0.1) is 0 Å². The first-order chi connectivity index (χ1) is 24.6. The van der Waals surface area contributed by atoms with Crippen molar-refractivity contribution in [2.24, 2.45) is 0 Å². The van der Waals surface area contributed by atoms with Gasteiger partial charge in [0.1, 0.15) is 8.07 Å². The van der Waals surface area contributed by atoms with E-state index in [1.807, 2.05) is 0 Å². The van der Waals surface area contributed by atoms with Gasteiger partial charge in [0.15, 0.2) is 0 Å². The average molecular weight is 778 g/mol. The van der Waals surface area contributed by atoms with Gasteiger partial charge in [-0.15, -0.1) is 80.2 Å². The molecule has 0 saturated carbocycles. The van der Waals surface area contributed by atoms with Crippen LogP contribution in [0.5, 0.6) is 0 Å². The third kappa shape index (κ3) is 6.01. The normalized spacial score (nSPS) is 11.4. The molecule has 0 heterocycles. The van der Waals surface area contributed by atoms with Gasteiger partial charge in [0.25, 0.3) is 0 Å². The molecule has 9 rings (SSSR count). The third-order valence-corrected chi connectivity index (χ3v) is 15.8. The minimum absolute atomic E-state index is 0. The summed E-state index contributed by atoms with van der Waals surface area (Å²) in [6, 6.07) is 62.0. The second kappa shape index (κ2) is 15.4. The van der Waals surface area contributed by atoms with Gasteiger partial charge in [-0.1, -0.05) is 174 Å². The zero-order chi connectivity index (χ0) is 33.8. The Labute approximate surface area is 336 Å². The van der Waals surface area contributed by atoms with Crippen molar-refractivity contribution in [3.63, 3.8) is 0 Å². The fourth-order valence-corrected chi connectivity index (χ4v) is 13.1. The fourth-order valence-electron chi connectivity index (χ4n) is 8.90. The van der Waals surface area contributed by atoms with E-state index in [0.29, 0.717) is 0 Å². The monoisotopic (exact) mass is 776 g/mol. The largest absolute Gasteiger partial charge is 4.00 e. The Bertz CT molecular complexity index is 2510. The van der Waals surface area contributed by atoms with Gasteiger partial charge in [0.2, 0.25) is 0 Å². The number of benzene rings is 7. The van der Waals surface area contributed by atoms with E-state index in [4.69, 9.17) is 0 Å². The van der Waals surface area contributed by atoms with Crippen LogP contribution in [0.15, 0.2) is 164 Å². The summed E-state index contributed by atoms with van der Waals surface area (Å²) < 4.78 is 0. The molecule has 0 aromatic heterocycles. The zero-order valence-corrected chi connectivity index (χ0v) is 35.0. The third-order valence-electron chi connectivity index (χ3n) is 11.3. The van der Waals surface area contributed by atoms with Gasteiger partial charge in [-0.3, -0.25) is 0 Å². The molecule has 0 saturated heterocycles. The number of rotatable bonds is 7. The van der Waals surface area contributed by atoms with Crippen LogP contribution < -0.4 is 15.6 Å². The summed E-state index contributed by atoms with van der Waals surface area (Å²) in [7, 11) is -2.67. The molecule has 0 bridgehead atoms. The Kier molecular flexibility index (Phi) is 11.1. The molecule has 0 nitrogen and oxygen atoms in total. The second-order valence-corrected chi connectivity index (χ2v) is 17.8. The Balaban J connectivity index is 0.00000160. The molecule has 2 heteroatoms. The van der Waals surface area contributed by atoms with Gasteiger partial charge in [0, 0.05) is 0 Å². The van der Waals surface area contributed by atoms with Crippen LogP contribution in [0.25, 0.3) is 65.3 Å². The molecule has 258 valence electrons. The van der Waals surface area contributed by atoms with Gasteiger partial charge >= 0.3 is 26.2 Å². The number of hydrogen-bond donors (Lipinski definition) is 0. The molecular formula is C51H46SiZr. The molecule has 0 fully saturated rings. The molecule has 9 aromatic rings. The van der Waals surface area contributed by atoms with E-state index in [1.165, 1.54) is 92.0 Å². The van der Waals surface area contributed by atoms with E-state index in [1.54, 1.807) is 0 Å². The van der Waals surface area contributed by atoms with E-state index < -0.39 is 8.07 Å². The summed E-state index contributed by atoms with van der Waals surface area (Å²) in [5, 5.41) is 15.1. The van der Waals surface area contributed by atoms with Gasteiger partial charge < -0.3 is 14.9 Å². The van der Waals surface area contributed by atoms with Crippen LogP contribution in [0.4, 0.5) is 0 Å². The van der Waals surface area contributed by atoms with Crippen molar-refractivity contribution in [2.75, 3.05) is 0 Å². The van der Waals surface area contributed by atoms with Crippen LogP contribution in [0.2, 0.25) is 6.55 Å². The van der Waals surface area contributed by atoms with Crippen molar-refractivity contribution in [1.82, 2.24) is 0 Å². The van der Waals surface area contributed by atoms with Crippen molar-refractivity contribution in [3.8, 4) is 22.3 Å². The topological polar surface area (TPSA) is 0 Å². The maximum absolute atomic E-state index is 2.67. The Hall–Kier alpha value is -4.62. The minimum atomic E-state index is -2.67. The Morgan fingerprint density at radius 2 is 0.849 bits per heavy atom. The van der Waals surface area contributed by atoms with E-state index in [-0.39, 0.29) is 41.1 Å². The summed E-state index contributed by atoms with van der Waals surface area (Å²) in [5.74, 6) is 0. The first-order valence-electron chi connectivity index (χ1n) is 18.1. The van der Waals surface area contributed by atoms with Crippen LogP contribution in [0, 0.1) is 14.9 Å². The second-order valence-electron chi connectivity index (χ2n) is 13.9. The fraction of sp³-hybridized carbons (Fsp3) is 0.0980. The molecule has 0 atom stereocenters. The maximum Gasteiger partial charge on any atom is 4.00 e. The number of hydrogen-bond acceptors (Lipinski definition) is 0. The molecule has 0 aliphatic rings. The first-order valence-corrected chi connectivity index (χ1v) is 20.6. The SMILES string of the molecule is CCc1[cH-]c2cccc([Si](C)(c3ccccc3)c3cccc4[cH-]c(CC)c(-c5cccc6ccccc56)c34)c2c1-c1cccc2ccccc12.[CH3-].[CH3-].[Zr+4]. The van der Waals surface area contributed by atoms with E-state index in [2.05, 4.69) is 184 Å². The number of fused-ring (bicyclic) bond motifs is 4. The predicted octanol–water partition coefficient (Wildman–Crippen LogP) is 12.2. The Morgan fingerprint density at radius 3 is 1.30 bits per heavy atom.